The van der Waals surface area contributed by atoms with Gasteiger partial charge in [0.2, 0.25) is 5.43 Å². The maximum atomic E-state index is 11.8. The average molecular weight is 285 g/mol. The molecule has 1 aliphatic rings. The smallest absolute Gasteiger partial charge is 0.207 e. The van der Waals surface area contributed by atoms with Gasteiger partial charge in [-0.1, -0.05) is 31.4 Å². The SMILES string of the molecule is O=c1cnn(CCNCC2CCCCC2)c2ccccc12. The fraction of sp³-hybridized carbons (Fsp3) is 0.529. The van der Waals surface area contributed by atoms with Gasteiger partial charge in [-0.15, -0.1) is 0 Å². The van der Waals surface area contributed by atoms with Crippen LogP contribution in [0.5, 0.6) is 0 Å². The van der Waals surface area contributed by atoms with Gasteiger partial charge in [-0.25, -0.2) is 0 Å². The lowest BCUT2D eigenvalue weighted by Gasteiger charge is -2.21. The molecular weight excluding hydrogens is 262 g/mol. The van der Waals surface area contributed by atoms with Crippen LogP contribution in [-0.4, -0.2) is 22.9 Å². The Hall–Kier alpha value is -1.68. The van der Waals surface area contributed by atoms with E-state index in [0.29, 0.717) is 0 Å². The molecule has 0 bridgehead atoms. The van der Waals surface area contributed by atoms with E-state index in [9.17, 15) is 4.79 Å². The molecule has 112 valence electrons. The van der Waals surface area contributed by atoms with Crippen LogP contribution in [0.1, 0.15) is 32.1 Å². The zero-order valence-electron chi connectivity index (χ0n) is 12.4. The molecule has 0 saturated heterocycles. The second-order valence-electron chi connectivity index (χ2n) is 5.96. The number of nitrogens with zero attached hydrogens (tertiary/aromatic N) is 2. The average Bonchev–Trinajstić information content (AvgIpc) is 2.55. The molecule has 4 nitrogen and oxygen atoms in total. The van der Waals surface area contributed by atoms with Crippen molar-refractivity contribution >= 4 is 10.9 Å². The van der Waals surface area contributed by atoms with Crippen molar-refractivity contribution in [1.29, 1.82) is 0 Å². The van der Waals surface area contributed by atoms with E-state index in [0.717, 1.165) is 36.5 Å². The Kier molecular flexibility index (Phi) is 4.65. The Bertz CT molecular complexity index is 644. The first-order chi connectivity index (χ1) is 10.3. The molecule has 1 saturated carbocycles. The first kappa shape index (κ1) is 14.3. The summed E-state index contributed by atoms with van der Waals surface area (Å²) in [7, 11) is 0. The number of hydrogen-bond acceptors (Lipinski definition) is 3. The number of hydrogen-bond donors (Lipinski definition) is 1. The van der Waals surface area contributed by atoms with E-state index in [-0.39, 0.29) is 5.43 Å². The summed E-state index contributed by atoms with van der Waals surface area (Å²) in [5, 5.41) is 8.55. The van der Waals surface area contributed by atoms with Crippen LogP contribution in [0.2, 0.25) is 0 Å². The van der Waals surface area contributed by atoms with Crippen molar-refractivity contribution in [2.75, 3.05) is 13.1 Å². The molecule has 1 heterocycles. The van der Waals surface area contributed by atoms with Gasteiger partial charge >= 0.3 is 0 Å². The van der Waals surface area contributed by atoms with E-state index in [2.05, 4.69) is 10.4 Å². The van der Waals surface area contributed by atoms with E-state index < -0.39 is 0 Å². The molecule has 1 aliphatic carbocycles. The molecule has 0 amide bonds. The van der Waals surface area contributed by atoms with Gasteiger partial charge in [-0.05, 0) is 37.4 Å². The Morgan fingerprint density at radius 3 is 2.86 bits per heavy atom. The standard InChI is InChI=1S/C17H23N3O/c21-17-13-19-20(16-9-5-4-8-15(16)17)11-10-18-12-14-6-2-1-3-7-14/h4-5,8-9,13-14,18H,1-3,6-7,10-12H2. The quantitative estimate of drug-likeness (QED) is 0.859. The van der Waals surface area contributed by atoms with E-state index >= 15 is 0 Å². The van der Waals surface area contributed by atoms with E-state index in [1.165, 1.54) is 38.3 Å². The molecule has 1 fully saturated rings. The normalized spacial score (nSPS) is 16.4. The minimum absolute atomic E-state index is 0.00276. The zero-order chi connectivity index (χ0) is 14.5. The molecule has 0 atom stereocenters. The molecule has 0 unspecified atom stereocenters. The molecule has 2 aromatic rings. The maximum absolute atomic E-state index is 11.8. The van der Waals surface area contributed by atoms with Gasteiger partial charge in [-0.3, -0.25) is 9.48 Å². The molecule has 4 heteroatoms. The van der Waals surface area contributed by atoms with E-state index in [1.54, 1.807) is 0 Å². The summed E-state index contributed by atoms with van der Waals surface area (Å²) in [6, 6.07) is 7.68. The summed E-state index contributed by atoms with van der Waals surface area (Å²) in [6.45, 7) is 2.81. The van der Waals surface area contributed by atoms with Crippen molar-refractivity contribution in [2.24, 2.45) is 5.92 Å². The Morgan fingerprint density at radius 1 is 1.19 bits per heavy atom. The number of para-hydroxylation sites is 1. The maximum Gasteiger partial charge on any atom is 0.207 e. The molecular formula is C17H23N3O. The fourth-order valence-corrected chi connectivity index (χ4v) is 3.22. The molecule has 3 rings (SSSR count). The van der Waals surface area contributed by atoms with Crippen LogP contribution < -0.4 is 10.7 Å². The number of benzene rings is 1. The van der Waals surface area contributed by atoms with Crippen LogP contribution in [0.4, 0.5) is 0 Å². The van der Waals surface area contributed by atoms with Crippen molar-refractivity contribution < 1.29 is 0 Å². The van der Waals surface area contributed by atoms with Crippen LogP contribution in [-0.2, 0) is 6.54 Å². The van der Waals surface area contributed by atoms with Crippen molar-refractivity contribution in [3.05, 3.63) is 40.7 Å². The lowest BCUT2D eigenvalue weighted by atomic mass is 9.89. The molecule has 0 aliphatic heterocycles. The van der Waals surface area contributed by atoms with E-state index in [1.807, 2.05) is 28.9 Å². The Balaban J connectivity index is 1.58. The Labute approximate surface area is 125 Å². The highest BCUT2D eigenvalue weighted by Gasteiger charge is 2.12. The minimum Gasteiger partial charge on any atom is -0.315 e. The first-order valence-electron chi connectivity index (χ1n) is 8.00. The van der Waals surface area contributed by atoms with Crippen LogP contribution in [0.15, 0.2) is 35.3 Å². The highest BCUT2D eigenvalue weighted by atomic mass is 16.1. The van der Waals surface area contributed by atoms with Crippen LogP contribution in [0, 0.1) is 5.92 Å². The highest BCUT2D eigenvalue weighted by molar-refractivity contribution is 5.77. The predicted octanol–water partition coefficient (Wildman–Crippen LogP) is 2.57. The van der Waals surface area contributed by atoms with E-state index in [4.69, 9.17) is 0 Å². The third-order valence-electron chi connectivity index (χ3n) is 4.42. The molecule has 1 N–H and O–H groups in total. The van der Waals surface area contributed by atoms with Crippen LogP contribution in [0.3, 0.4) is 0 Å². The van der Waals surface area contributed by atoms with Crippen molar-refractivity contribution in [3.63, 3.8) is 0 Å². The van der Waals surface area contributed by atoms with Crippen molar-refractivity contribution in [1.82, 2.24) is 15.1 Å². The number of fused-ring (bicyclic) bond motifs is 1. The lowest BCUT2D eigenvalue weighted by Crippen LogP contribution is -2.28. The van der Waals surface area contributed by atoms with Crippen LogP contribution in [0.25, 0.3) is 10.9 Å². The van der Waals surface area contributed by atoms with Gasteiger partial charge < -0.3 is 5.32 Å². The van der Waals surface area contributed by atoms with Gasteiger partial charge in [0, 0.05) is 11.9 Å². The van der Waals surface area contributed by atoms with Crippen LogP contribution >= 0.6 is 0 Å². The zero-order valence-corrected chi connectivity index (χ0v) is 12.4. The third-order valence-corrected chi connectivity index (χ3v) is 4.42. The van der Waals surface area contributed by atoms with Gasteiger partial charge in [0.1, 0.15) is 0 Å². The molecule has 0 radical (unpaired) electrons. The Morgan fingerprint density at radius 2 is 2.00 bits per heavy atom. The topological polar surface area (TPSA) is 46.9 Å². The monoisotopic (exact) mass is 285 g/mol. The molecule has 1 aromatic carbocycles. The second-order valence-corrected chi connectivity index (χ2v) is 5.96. The van der Waals surface area contributed by atoms with Crippen molar-refractivity contribution in [3.8, 4) is 0 Å². The second kappa shape index (κ2) is 6.85. The number of nitrogens with one attached hydrogen (secondary N) is 1. The summed E-state index contributed by atoms with van der Waals surface area (Å²) in [5.41, 5.74) is 0.918. The van der Waals surface area contributed by atoms with Gasteiger partial charge in [0.15, 0.2) is 0 Å². The highest BCUT2D eigenvalue weighted by Crippen LogP contribution is 2.22. The lowest BCUT2D eigenvalue weighted by molar-refractivity contribution is 0.340. The number of rotatable bonds is 5. The minimum atomic E-state index is -0.00276. The van der Waals surface area contributed by atoms with Gasteiger partial charge in [0.05, 0.1) is 18.3 Å². The van der Waals surface area contributed by atoms with Gasteiger partial charge in [-0.2, -0.15) is 5.10 Å². The summed E-state index contributed by atoms with van der Waals surface area (Å²) < 4.78 is 1.92. The third kappa shape index (κ3) is 3.50. The summed E-state index contributed by atoms with van der Waals surface area (Å²) in [5.74, 6) is 0.845. The summed E-state index contributed by atoms with van der Waals surface area (Å²) >= 11 is 0. The van der Waals surface area contributed by atoms with Crippen molar-refractivity contribution in [2.45, 2.75) is 38.6 Å². The summed E-state index contributed by atoms with van der Waals surface area (Å²) in [6.07, 6.45) is 8.34. The first-order valence-corrected chi connectivity index (χ1v) is 8.00. The largest absolute Gasteiger partial charge is 0.315 e. The molecule has 21 heavy (non-hydrogen) atoms. The number of aromatic nitrogens is 2. The fourth-order valence-electron chi connectivity index (χ4n) is 3.22. The molecule has 0 spiro atoms. The predicted molar refractivity (Wildman–Crippen MR) is 85.4 cm³/mol. The molecule has 1 aromatic heterocycles. The summed E-state index contributed by atoms with van der Waals surface area (Å²) in [4.78, 5) is 11.8. The van der Waals surface area contributed by atoms with Gasteiger partial charge in [0.25, 0.3) is 0 Å².